The van der Waals surface area contributed by atoms with Gasteiger partial charge in [-0.05, 0) is 73.1 Å². The summed E-state index contributed by atoms with van der Waals surface area (Å²) < 4.78 is 64.3. The van der Waals surface area contributed by atoms with Crippen LogP contribution in [0.15, 0.2) is 18.2 Å². The first kappa shape index (κ1) is 18.8. The van der Waals surface area contributed by atoms with Crippen molar-refractivity contribution < 1.29 is 30.6 Å². The minimum atomic E-state index is -5.66. The number of ketones is 1. The van der Waals surface area contributed by atoms with E-state index in [2.05, 4.69) is 11.1 Å². The van der Waals surface area contributed by atoms with E-state index in [1.807, 2.05) is 0 Å². The van der Waals surface area contributed by atoms with Crippen molar-refractivity contribution in [2.75, 3.05) is 0 Å². The molecular formula is C19H21F3O4S. The van der Waals surface area contributed by atoms with Gasteiger partial charge in [-0.25, -0.2) is 0 Å². The molecule has 4 rings (SSSR count). The lowest BCUT2D eigenvalue weighted by Gasteiger charge is -2.48. The molecule has 0 heterocycles. The van der Waals surface area contributed by atoms with Crippen LogP contribution in [-0.2, 0) is 21.3 Å². The van der Waals surface area contributed by atoms with Crippen LogP contribution in [0.4, 0.5) is 13.2 Å². The number of fused-ring (bicyclic) bond motifs is 5. The number of halogens is 3. The maximum Gasteiger partial charge on any atom is 0.534 e. The van der Waals surface area contributed by atoms with Gasteiger partial charge in [-0.1, -0.05) is 13.0 Å². The van der Waals surface area contributed by atoms with Crippen LogP contribution in [0.3, 0.4) is 0 Å². The van der Waals surface area contributed by atoms with Gasteiger partial charge in [-0.2, -0.15) is 21.6 Å². The molecule has 1 aromatic carbocycles. The Hall–Kier alpha value is -1.57. The van der Waals surface area contributed by atoms with E-state index < -0.39 is 15.6 Å². The van der Waals surface area contributed by atoms with Crippen molar-refractivity contribution in [2.24, 2.45) is 17.3 Å². The predicted molar refractivity (Wildman–Crippen MR) is 91.7 cm³/mol. The normalized spacial score (nSPS) is 33.2. The Kier molecular flexibility index (Phi) is 4.15. The fourth-order valence-electron chi connectivity index (χ4n) is 5.56. The Morgan fingerprint density at radius 3 is 2.59 bits per heavy atom. The van der Waals surface area contributed by atoms with Crippen molar-refractivity contribution in [1.82, 2.24) is 0 Å². The predicted octanol–water partition coefficient (Wildman–Crippen LogP) is 4.34. The van der Waals surface area contributed by atoms with E-state index in [0.717, 1.165) is 36.8 Å². The Balaban J connectivity index is 1.61. The van der Waals surface area contributed by atoms with Crippen LogP contribution in [-0.4, -0.2) is 19.7 Å². The van der Waals surface area contributed by atoms with Crippen molar-refractivity contribution in [3.05, 3.63) is 29.3 Å². The van der Waals surface area contributed by atoms with Crippen LogP contribution < -0.4 is 4.18 Å². The third-order valence-corrected chi connectivity index (χ3v) is 7.88. The third kappa shape index (κ3) is 2.87. The lowest BCUT2D eigenvalue weighted by molar-refractivity contribution is -0.129. The van der Waals surface area contributed by atoms with Gasteiger partial charge in [-0.3, -0.25) is 4.79 Å². The van der Waals surface area contributed by atoms with Crippen LogP contribution in [0.25, 0.3) is 0 Å². The highest BCUT2D eigenvalue weighted by Crippen LogP contribution is 2.59. The van der Waals surface area contributed by atoms with Gasteiger partial charge in [0.2, 0.25) is 0 Å². The van der Waals surface area contributed by atoms with Crippen molar-refractivity contribution in [1.29, 1.82) is 0 Å². The molecule has 148 valence electrons. The Morgan fingerprint density at radius 1 is 1.15 bits per heavy atom. The number of Topliss-reactive ketones (excluding diaryl/α,β-unsaturated/α-hetero) is 1. The molecule has 0 spiro atoms. The summed E-state index contributed by atoms with van der Waals surface area (Å²) in [6.07, 6.45) is 4.77. The first-order valence-corrected chi connectivity index (χ1v) is 10.6. The summed E-state index contributed by atoms with van der Waals surface area (Å²) >= 11 is 0. The molecule has 3 aliphatic rings. The minimum Gasteiger partial charge on any atom is -0.376 e. The summed E-state index contributed by atoms with van der Waals surface area (Å²) in [4.78, 5) is 12.3. The van der Waals surface area contributed by atoms with E-state index in [9.17, 15) is 26.4 Å². The number of benzene rings is 1. The number of carbonyl (C=O) groups excluding carboxylic acids is 1. The number of alkyl halides is 3. The van der Waals surface area contributed by atoms with Gasteiger partial charge in [0.05, 0.1) is 0 Å². The van der Waals surface area contributed by atoms with E-state index >= 15 is 0 Å². The molecule has 0 aromatic heterocycles. The Bertz CT molecular complexity index is 893. The fraction of sp³-hybridized carbons (Fsp3) is 0.632. The average molecular weight is 402 g/mol. The second-order valence-electron chi connectivity index (χ2n) is 8.18. The van der Waals surface area contributed by atoms with Crippen LogP contribution >= 0.6 is 0 Å². The van der Waals surface area contributed by atoms with E-state index in [4.69, 9.17) is 0 Å². The lowest BCUT2D eigenvalue weighted by Crippen LogP contribution is -2.42. The zero-order chi connectivity index (χ0) is 19.6. The van der Waals surface area contributed by atoms with E-state index in [0.29, 0.717) is 30.5 Å². The molecule has 0 radical (unpaired) electrons. The van der Waals surface area contributed by atoms with E-state index in [-0.39, 0.29) is 17.1 Å². The number of rotatable bonds is 2. The number of carbonyl (C=O) groups is 1. The molecule has 1 aromatic rings. The summed E-state index contributed by atoms with van der Waals surface area (Å²) in [5, 5.41) is 0. The third-order valence-electron chi connectivity index (χ3n) is 6.90. The average Bonchev–Trinajstić information content (AvgIpc) is 2.88. The molecule has 4 nitrogen and oxygen atoms in total. The largest absolute Gasteiger partial charge is 0.534 e. The topological polar surface area (TPSA) is 60.4 Å². The van der Waals surface area contributed by atoms with E-state index in [1.165, 1.54) is 12.1 Å². The molecule has 4 atom stereocenters. The maximum absolute atomic E-state index is 12.5. The van der Waals surface area contributed by atoms with Crippen LogP contribution in [0.2, 0.25) is 0 Å². The van der Waals surface area contributed by atoms with Crippen LogP contribution in [0.1, 0.15) is 56.1 Å². The molecule has 8 heteroatoms. The molecule has 2 fully saturated rings. The van der Waals surface area contributed by atoms with Gasteiger partial charge in [0.1, 0.15) is 11.5 Å². The van der Waals surface area contributed by atoms with Gasteiger partial charge in [-0.15, -0.1) is 0 Å². The molecule has 2 saturated carbocycles. The molecule has 3 aliphatic carbocycles. The standard InChI is InChI=1S/C19H21F3O4S/c1-18-9-8-14-13-5-3-12(26-27(24,25)19(20,21)22)10-11(13)2-4-15(14)16(18)6-7-17(18)23/h3,5,10,14-16H,2,4,6-9H2,1H3/t14?,15?,16?,18-/m0/s1. The van der Waals surface area contributed by atoms with Crippen molar-refractivity contribution in [3.63, 3.8) is 0 Å². The molecule has 27 heavy (non-hydrogen) atoms. The SMILES string of the molecule is C[C@]12CCC3c4ccc(OS(=O)(=O)C(F)(F)F)cc4CCC3C1CCC2=O. The zero-order valence-electron chi connectivity index (χ0n) is 14.9. The molecular weight excluding hydrogens is 381 g/mol. The van der Waals surface area contributed by atoms with Gasteiger partial charge < -0.3 is 4.18 Å². The summed E-state index contributed by atoms with van der Waals surface area (Å²) in [7, 11) is -5.66. The summed E-state index contributed by atoms with van der Waals surface area (Å²) in [5.74, 6) is 1.08. The van der Waals surface area contributed by atoms with E-state index in [1.54, 1.807) is 6.07 Å². The summed E-state index contributed by atoms with van der Waals surface area (Å²) in [6.45, 7) is 2.08. The molecule has 0 amide bonds. The molecule has 0 aliphatic heterocycles. The summed E-state index contributed by atoms with van der Waals surface area (Å²) in [6, 6.07) is 4.42. The molecule has 0 bridgehead atoms. The maximum atomic E-state index is 12.5. The second kappa shape index (κ2) is 5.96. The van der Waals surface area contributed by atoms with Gasteiger partial charge in [0.25, 0.3) is 0 Å². The monoisotopic (exact) mass is 402 g/mol. The highest BCUT2D eigenvalue weighted by molar-refractivity contribution is 7.88. The van der Waals surface area contributed by atoms with Crippen LogP contribution in [0, 0.1) is 17.3 Å². The highest BCUT2D eigenvalue weighted by Gasteiger charge is 2.54. The van der Waals surface area contributed by atoms with Gasteiger partial charge in [0.15, 0.2) is 0 Å². The number of hydrogen-bond acceptors (Lipinski definition) is 4. The van der Waals surface area contributed by atoms with Gasteiger partial charge in [0, 0.05) is 11.8 Å². The number of hydrogen-bond donors (Lipinski definition) is 0. The lowest BCUT2D eigenvalue weighted by atomic mass is 9.55. The van der Waals surface area contributed by atoms with Crippen molar-refractivity contribution in [3.8, 4) is 5.75 Å². The Morgan fingerprint density at radius 2 is 1.89 bits per heavy atom. The second-order valence-corrected chi connectivity index (χ2v) is 9.72. The fourth-order valence-corrected chi connectivity index (χ4v) is 6.01. The minimum absolute atomic E-state index is 0.234. The zero-order valence-corrected chi connectivity index (χ0v) is 15.7. The summed E-state index contributed by atoms with van der Waals surface area (Å²) in [5.41, 5.74) is -3.78. The quantitative estimate of drug-likeness (QED) is 0.545. The molecule has 3 unspecified atom stereocenters. The van der Waals surface area contributed by atoms with Crippen molar-refractivity contribution in [2.45, 2.75) is 56.9 Å². The smallest absolute Gasteiger partial charge is 0.376 e. The van der Waals surface area contributed by atoms with Crippen molar-refractivity contribution >= 4 is 15.9 Å². The highest BCUT2D eigenvalue weighted by atomic mass is 32.2. The first-order valence-electron chi connectivity index (χ1n) is 9.20. The molecule has 0 N–H and O–H groups in total. The van der Waals surface area contributed by atoms with Gasteiger partial charge >= 0.3 is 15.6 Å². The Labute approximate surface area is 156 Å². The number of aryl methyl sites for hydroxylation is 1. The first-order chi connectivity index (χ1) is 12.5. The van der Waals surface area contributed by atoms with Crippen LogP contribution in [0.5, 0.6) is 5.75 Å². The molecule has 0 saturated heterocycles.